The highest BCUT2D eigenvalue weighted by Crippen LogP contribution is 2.30. The molecule has 0 atom stereocenters. The molecule has 1 heterocycles. The molecular formula is C19H19Cl2N3O3S. The minimum absolute atomic E-state index is 0.0634. The summed E-state index contributed by atoms with van der Waals surface area (Å²) in [4.78, 5) is 3.89. The Balaban J connectivity index is 1.97. The Kier molecular flexibility index (Phi) is 6.61. The minimum Gasteiger partial charge on any atom is -0.444 e. The van der Waals surface area contributed by atoms with Crippen molar-refractivity contribution in [2.24, 2.45) is 5.73 Å². The molecule has 0 fully saturated rings. The molecule has 0 aliphatic heterocycles. The molecule has 6 nitrogen and oxygen atoms in total. The third kappa shape index (κ3) is 4.67. The second-order valence-corrected chi connectivity index (χ2v) is 8.89. The highest BCUT2D eigenvalue weighted by molar-refractivity contribution is 7.92. The zero-order chi connectivity index (χ0) is 20.1. The Morgan fingerprint density at radius 1 is 1.11 bits per heavy atom. The molecule has 0 saturated heterocycles. The first kappa shape index (κ1) is 20.7. The van der Waals surface area contributed by atoms with E-state index in [0.717, 1.165) is 5.56 Å². The van der Waals surface area contributed by atoms with Gasteiger partial charge in [0.2, 0.25) is 10.0 Å². The van der Waals surface area contributed by atoms with Crippen LogP contribution in [0.25, 0.3) is 11.3 Å². The topological polar surface area (TPSA) is 89.4 Å². The summed E-state index contributed by atoms with van der Waals surface area (Å²) in [5.41, 5.74) is 7.43. The van der Waals surface area contributed by atoms with E-state index >= 15 is 0 Å². The molecule has 148 valence electrons. The average molecular weight is 440 g/mol. The number of aromatic nitrogens is 1. The summed E-state index contributed by atoms with van der Waals surface area (Å²) >= 11 is 12.4. The Bertz CT molecular complexity index is 1020. The normalized spacial score (nSPS) is 11.5. The molecule has 9 heteroatoms. The number of hydrogen-bond acceptors (Lipinski definition) is 5. The van der Waals surface area contributed by atoms with Crippen molar-refractivity contribution in [3.05, 3.63) is 70.7 Å². The second-order valence-electron chi connectivity index (χ2n) is 6.09. The van der Waals surface area contributed by atoms with Crippen LogP contribution in [0.2, 0.25) is 10.0 Å². The first-order valence-corrected chi connectivity index (χ1v) is 10.9. The molecule has 2 aromatic carbocycles. The number of anilines is 1. The lowest BCUT2D eigenvalue weighted by molar-refractivity contribution is 0.572. The molecule has 3 rings (SSSR count). The highest BCUT2D eigenvalue weighted by atomic mass is 35.5. The number of halogens is 2. The van der Waals surface area contributed by atoms with Gasteiger partial charge in [0, 0.05) is 5.56 Å². The predicted octanol–water partition coefficient (Wildman–Crippen LogP) is 4.33. The van der Waals surface area contributed by atoms with Gasteiger partial charge in [0.15, 0.2) is 12.2 Å². The van der Waals surface area contributed by atoms with Crippen LogP contribution in [-0.4, -0.2) is 25.7 Å². The number of oxazole rings is 1. The van der Waals surface area contributed by atoms with Crippen LogP contribution in [-0.2, 0) is 16.6 Å². The van der Waals surface area contributed by atoms with E-state index in [1.807, 2.05) is 0 Å². The number of sulfonamides is 1. The van der Waals surface area contributed by atoms with Crippen LogP contribution in [0, 0.1) is 0 Å². The van der Waals surface area contributed by atoms with Gasteiger partial charge in [-0.25, -0.2) is 13.4 Å². The molecule has 0 unspecified atom stereocenters. The van der Waals surface area contributed by atoms with E-state index in [0.29, 0.717) is 33.5 Å². The van der Waals surface area contributed by atoms with Crippen molar-refractivity contribution in [1.82, 2.24) is 4.98 Å². The monoisotopic (exact) mass is 439 g/mol. The van der Waals surface area contributed by atoms with Gasteiger partial charge in [0.05, 0.1) is 34.2 Å². The highest BCUT2D eigenvalue weighted by Gasteiger charge is 2.24. The fourth-order valence-corrected chi connectivity index (χ4v) is 4.61. The van der Waals surface area contributed by atoms with Crippen molar-refractivity contribution in [2.75, 3.05) is 16.6 Å². The van der Waals surface area contributed by atoms with Gasteiger partial charge >= 0.3 is 0 Å². The van der Waals surface area contributed by atoms with Crippen LogP contribution >= 0.6 is 23.2 Å². The maximum absolute atomic E-state index is 13.0. The second kappa shape index (κ2) is 8.96. The largest absolute Gasteiger partial charge is 0.444 e. The maximum Gasteiger partial charge on any atom is 0.235 e. The fraction of sp³-hybridized carbons (Fsp3) is 0.211. The number of benzene rings is 2. The Labute approximate surface area is 173 Å². The smallest absolute Gasteiger partial charge is 0.235 e. The van der Waals surface area contributed by atoms with Crippen LogP contribution in [0.5, 0.6) is 0 Å². The zero-order valence-corrected chi connectivity index (χ0v) is 17.2. The average Bonchev–Trinajstić information content (AvgIpc) is 3.22. The van der Waals surface area contributed by atoms with Crippen LogP contribution in [0.15, 0.2) is 59.5 Å². The minimum atomic E-state index is -3.62. The molecule has 3 aromatic rings. The van der Waals surface area contributed by atoms with Gasteiger partial charge in [-0.15, -0.1) is 0 Å². The van der Waals surface area contributed by atoms with Gasteiger partial charge in [-0.1, -0.05) is 35.3 Å². The van der Waals surface area contributed by atoms with Crippen LogP contribution < -0.4 is 10.0 Å². The summed E-state index contributed by atoms with van der Waals surface area (Å²) in [7, 11) is -3.62. The van der Waals surface area contributed by atoms with E-state index in [-0.39, 0.29) is 18.8 Å². The summed E-state index contributed by atoms with van der Waals surface area (Å²) in [6, 6.07) is 12.1. The zero-order valence-electron chi connectivity index (χ0n) is 14.9. The van der Waals surface area contributed by atoms with E-state index < -0.39 is 10.0 Å². The van der Waals surface area contributed by atoms with Crippen molar-refractivity contribution < 1.29 is 12.8 Å². The third-order valence-corrected chi connectivity index (χ3v) is 6.83. The summed E-state index contributed by atoms with van der Waals surface area (Å²) in [6.07, 6.45) is 3.29. The van der Waals surface area contributed by atoms with Gasteiger partial charge in [-0.2, -0.15) is 0 Å². The molecule has 28 heavy (non-hydrogen) atoms. The Morgan fingerprint density at radius 3 is 2.50 bits per heavy atom. The lowest BCUT2D eigenvalue weighted by atomic mass is 10.1. The van der Waals surface area contributed by atoms with Crippen molar-refractivity contribution in [2.45, 2.75) is 13.0 Å². The lowest BCUT2D eigenvalue weighted by Crippen LogP contribution is -2.33. The fourth-order valence-electron chi connectivity index (χ4n) is 2.70. The molecule has 0 radical (unpaired) electrons. The summed E-state index contributed by atoms with van der Waals surface area (Å²) in [5, 5.41) is 0.709. The van der Waals surface area contributed by atoms with Gasteiger partial charge in [-0.05, 0) is 48.9 Å². The SMILES string of the molecule is NCCCS(=O)(=O)N(Cc1cccc(Cl)c1Cl)c1ccc(-c2cnco2)cc1. The van der Waals surface area contributed by atoms with Gasteiger partial charge in [0.25, 0.3) is 0 Å². The van der Waals surface area contributed by atoms with Crippen molar-refractivity contribution in [3.8, 4) is 11.3 Å². The number of hydrogen-bond donors (Lipinski definition) is 1. The van der Waals surface area contributed by atoms with E-state index in [2.05, 4.69) is 4.98 Å². The van der Waals surface area contributed by atoms with Crippen LogP contribution in [0.4, 0.5) is 5.69 Å². The van der Waals surface area contributed by atoms with E-state index in [1.165, 1.54) is 10.7 Å². The summed E-state index contributed by atoms with van der Waals surface area (Å²) < 4.78 is 32.5. The first-order valence-electron chi connectivity index (χ1n) is 8.54. The van der Waals surface area contributed by atoms with Crippen LogP contribution in [0.1, 0.15) is 12.0 Å². The molecule has 0 aliphatic carbocycles. The van der Waals surface area contributed by atoms with E-state index in [9.17, 15) is 8.42 Å². The van der Waals surface area contributed by atoms with Crippen molar-refractivity contribution >= 4 is 38.9 Å². The molecule has 2 N–H and O–H groups in total. The van der Waals surface area contributed by atoms with Gasteiger partial charge in [0.1, 0.15) is 0 Å². The Hall–Kier alpha value is -2.06. The first-order chi connectivity index (χ1) is 13.4. The Morgan fingerprint density at radius 2 is 1.86 bits per heavy atom. The number of rotatable bonds is 8. The molecular weight excluding hydrogens is 421 g/mol. The molecule has 0 amide bonds. The van der Waals surface area contributed by atoms with E-state index in [1.54, 1.807) is 48.7 Å². The summed E-state index contributed by atoms with van der Waals surface area (Å²) in [5.74, 6) is 0.535. The molecule has 0 bridgehead atoms. The van der Waals surface area contributed by atoms with Gasteiger partial charge in [-0.3, -0.25) is 4.31 Å². The third-order valence-electron chi connectivity index (χ3n) is 4.16. The van der Waals surface area contributed by atoms with Gasteiger partial charge < -0.3 is 10.2 Å². The van der Waals surface area contributed by atoms with E-state index in [4.69, 9.17) is 33.4 Å². The maximum atomic E-state index is 13.0. The van der Waals surface area contributed by atoms with Crippen molar-refractivity contribution in [1.29, 1.82) is 0 Å². The summed E-state index contributed by atoms with van der Waals surface area (Å²) in [6.45, 7) is 0.351. The molecule has 0 spiro atoms. The number of nitrogens with two attached hydrogens (primary N) is 1. The van der Waals surface area contributed by atoms with Crippen LogP contribution in [0.3, 0.4) is 0 Å². The molecule has 1 aromatic heterocycles. The quantitative estimate of drug-likeness (QED) is 0.563. The standard InChI is InChI=1S/C19H19Cl2N3O3S/c20-17-4-1-3-15(19(17)21)12-24(28(25,26)10-2-9-22)16-7-5-14(6-8-16)18-11-23-13-27-18/h1,3-8,11,13H,2,9-10,12,22H2. The molecule has 0 aliphatic rings. The predicted molar refractivity (Wildman–Crippen MR) is 112 cm³/mol. The van der Waals surface area contributed by atoms with Crippen molar-refractivity contribution in [3.63, 3.8) is 0 Å². The lowest BCUT2D eigenvalue weighted by Gasteiger charge is -2.25. The number of nitrogens with zero attached hydrogens (tertiary/aromatic N) is 2. The molecule has 0 saturated carbocycles.